The van der Waals surface area contributed by atoms with Gasteiger partial charge in [-0.05, 0) is 48.4 Å². The van der Waals surface area contributed by atoms with E-state index in [1.807, 2.05) is 55.5 Å². The fraction of sp³-hybridized carbons (Fsp3) is 0.125. The highest BCUT2D eigenvalue weighted by Crippen LogP contribution is 2.35. The number of carbonyl (C=O) groups excluding carboxylic acids is 1. The summed E-state index contributed by atoms with van der Waals surface area (Å²) in [5.41, 5.74) is 3.67. The molecule has 0 atom stereocenters. The molecule has 1 heterocycles. The second-order valence-corrected chi connectivity index (χ2v) is 6.65. The van der Waals surface area contributed by atoms with Gasteiger partial charge in [-0.25, -0.2) is 0 Å². The Labute approximate surface area is 164 Å². The predicted molar refractivity (Wildman–Crippen MR) is 108 cm³/mol. The fourth-order valence-corrected chi connectivity index (χ4v) is 2.96. The van der Waals surface area contributed by atoms with Gasteiger partial charge >= 0.3 is 0 Å². The third-order valence-electron chi connectivity index (χ3n) is 4.58. The number of carbonyl (C=O) groups is 1. The van der Waals surface area contributed by atoms with Gasteiger partial charge < -0.3 is 14.2 Å². The van der Waals surface area contributed by atoms with E-state index in [4.69, 9.17) is 14.2 Å². The Hall–Kier alpha value is -3.53. The van der Waals surface area contributed by atoms with Crippen LogP contribution in [-0.4, -0.2) is 12.9 Å². The van der Waals surface area contributed by atoms with Crippen molar-refractivity contribution >= 4 is 11.9 Å². The van der Waals surface area contributed by atoms with E-state index in [0.717, 1.165) is 16.9 Å². The van der Waals surface area contributed by atoms with Crippen LogP contribution in [0, 0.1) is 6.92 Å². The molecule has 140 valence electrons. The molecular weight excluding hydrogens is 352 g/mol. The Balaban J connectivity index is 1.47. The van der Waals surface area contributed by atoms with Crippen LogP contribution in [-0.2, 0) is 6.61 Å². The second kappa shape index (κ2) is 7.61. The fourth-order valence-electron chi connectivity index (χ4n) is 2.96. The quantitative estimate of drug-likeness (QED) is 0.578. The van der Waals surface area contributed by atoms with E-state index >= 15 is 0 Å². The van der Waals surface area contributed by atoms with E-state index in [1.165, 1.54) is 5.56 Å². The number of aryl methyl sites for hydroxylation is 1. The molecule has 0 bridgehead atoms. The summed E-state index contributed by atoms with van der Waals surface area (Å²) in [5, 5.41) is 0. The van der Waals surface area contributed by atoms with Crippen molar-refractivity contribution in [1.82, 2.24) is 0 Å². The zero-order valence-electron chi connectivity index (χ0n) is 15.8. The van der Waals surface area contributed by atoms with Crippen molar-refractivity contribution in [2.45, 2.75) is 13.5 Å². The highest BCUT2D eigenvalue weighted by molar-refractivity contribution is 6.14. The molecule has 0 unspecified atom stereocenters. The molecule has 0 saturated carbocycles. The summed E-state index contributed by atoms with van der Waals surface area (Å²) < 4.78 is 16.8. The number of benzene rings is 3. The maximum absolute atomic E-state index is 12.6. The number of allylic oxidation sites excluding steroid dienone is 1. The molecule has 28 heavy (non-hydrogen) atoms. The molecule has 0 radical (unpaired) electrons. The molecule has 0 fully saturated rings. The van der Waals surface area contributed by atoms with Crippen LogP contribution in [0.3, 0.4) is 0 Å². The van der Waals surface area contributed by atoms with Crippen LogP contribution in [0.1, 0.15) is 27.0 Å². The lowest BCUT2D eigenvalue weighted by molar-refractivity contribution is 0.101. The summed E-state index contributed by atoms with van der Waals surface area (Å²) in [6.45, 7) is 2.44. The normalized spacial score (nSPS) is 13.9. The Morgan fingerprint density at radius 1 is 0.929 bits per heavy atom. The number of Topliss-reactive ketones (excluding diaryl/α,β-unsaturated/α-hetero) is 1. The SMILES string of the molecule is COc1ccc(COc2ccc3c(c2)O/C(=C\c2ccc(C)cc2)C3=O)cc1. The number of hydrogen-bond acceptors (Lipinski definition) is 4. The van der Waals surface area contributed by atoms with Gasteiger partial charge in [0.15, 0.2) is 5.76 Å². The highest BCUT2D eigenvalue weighted by Gasteiger charge is 2.27. The zero-order valence-corrected chi connectivity index (χ0v) is 15.8. The van der Waals surface area contributed by atoms with Crippen LogP contribution >= 0.6 is 0 Å². The average molecular weight is 372 g/mol. The average Bonchev–Trinajstić information content (AvgIpc) is 3.03. The smallest absolute Gasteiger partial charge is 0.231 e. The van der Waals surface area contributed by atoms with Gasteiger partial charge in [-0.3, -0.25) is 4.79 Å². The third-order valence-corrected chi connectivity index (χ3v) is 4.58. The molecule has 4 rings (SSSR count). The van der Waals surface area contributed by atoms with Gasteiger partial charge in [-0.15, -0.1) is 0 Å². The molecule has 0 saturated heterocycles. The van der Waals surface area contributed by atoms with E-state index in [-0.39, 0.29) is 5.78 Å². The molecule has 4 nitrogen and oxygen atoms in total. The molecular formula is C24H20O4. The summed E-state index contributed by atoms with van der Waals surface area (Å²) in [6.07, 6.45) is 1.76. The summed E-state index contributed by atoms with van der Waals surface area (Å²) in [7, 11) is 1.64. The standard InChI is InChI=1S/C24H20O4/c1-16-3-5-17(6-4-16)13-23-24(25)21-12-11-20(14-22(21)28-23)27-15-18-7-9-19(26-2)10-8-18/h3-14H,15H2,1-2H3/b23-13-. The molecule has 0 spiro atoms. The number of fused-ring (bicyclic) bond motifs is 1. The van der Waals surface area contributed by atoms with Gasteiger partial charge in [0.1, 0.15) is 23.9 Å². The Bertz CT molecular complexity index is 1030. The van der Waals surface area contributed by atoms with Crippen LogP contribution in [0.2, 0.25) is 0 Å². The lowest BCUT2D eigenvalue weighted by Gasteiger charge is -2.08. The monoisotopic (exact) mass is 372 g/mol. The second-order valence-electron chi connectivity index (χ2n) is 6.65. The first kappa shape index (κ1) is 17.9. The van der Waals surface area contributed by atoms with E-state index in [1.54, 1.807) is 31.4 Å². The van der Waals surface area contributed by atoms with Gasteiger partial charge in [0.25, 0.3) is 0 Å². The van der Waals surface area contributed by atoms with Crippen molar-refractivity contribution in [3.05, 3.63) is 94.7 Å². The van der Waals surface area contributed by atoms with Crippen molar-refractivity contribution in [2.24, 2.45) is 0 Å². The molecule has 0 amide bonds. The molecule has 0 aliphatic carbocycles. The maximum Gasteiger partial charge on any atom is 0.231 e. The largest absolute Gasteiger partial charge is 0.497 e. The summed E-state index contributed by atoms with van der Waals surface area (Å²) in [4.78, 5) is 12.6. The van der Waals surface area contributed by atoms with Gasteiger partial charge in [0.2, 0.25) is 5.78 Å². The predicted octanol–water partition coefficient (Wildman–Crippen LogP) is 5.20. The van der Waals surface area contributed by atoms with Crippen LogP contribution < -0.4 is 14.2 Å². The zero-order chi connectivity index (χ0) is 19.5. The lowest BCUT2D eigenvalue weighted by atomic mass is 10.1. The summed E-state index contributed by atoms with van der Waals surface area (Å²) in [6, 6.07) is 20.9. The van der Waals surface area contributed by atoms with E-state index < -0.39 is 0 Å². The Morgan fingerprint density at radius 3 is 2.36 bits per heavy atom. The first-order valence-electron chi connectivity index (χ1n) is 9.03. The number of ether oxygens (including phenoxy) is 3. The van der Waals surface area contributed by atoms with E-state index in [2.05, 4.69) is 0 Å². The van der Waals surface area contributed by atoms with Crippen LogP contribution in [0.5, 0.6) is 17.2 Å². The molecule has 0 aromatic heterocycles. The van der Waals surface area contributed by atoms with Crippen LogP contribution in [0.25, 0.3) is 6.08 Å². The number of ketones is 1. The minimum atomic E-state index is -0.114. The maximum atomic E-state index is 12.6. The van der Waals surface area contributed by atoms with Crippen molar-refractivity contribution < 1.29 is 19.0 Å². The van der Waals surface area contributed by atoms with Crippen molar-refractivity contribution in [2.75, 3.05) is 7.11 Å². The molecule has 1 aliphatic rings. The number of hydrogen-bond donors (Lipinski definition) is 0. The van der Waals surface area contributed by atoms with Crippen molar-refractivity contribution in [3.8, 4) is 17.2 Å². The van der Waals surface area contributed by atoms with E-state index in [9.17, 15) is 4.79 Å². The van der Waals surface area contributed by atoms with E-state index in [0.29, 0.717) is 29.4 Å². The number of methoxy groups -OCH3 is 1. The molecule has 0 N–H and O–H groups in total. The minimum Gasteiger partial charge on any atom is -0.497 e. The van der Waals surface area contributed by atoms with Crippen LogP contribution in [0.4, 0.5) is 0 Å². The minimum absolute atomic E-state index is 0.114. The number of rotatable bonds is 5. The first-order chi connectivity index (χ1) is 13.6. The topological polar surface area (TPSA) is 44.8 Å². The molecule has 3 aromatic carbocycles. The molecule has 4 heteroatoms. The van der Waals surface area contributed by atoms with Crippen molar-refractivity contribution in [1.29, 1.82) is 0 Å². The summed E-state index contributed by atoms with van der Waals surface area (Å²) >= 11 is 0. The molecule has 1 aliphatic heterocycles. The lowest BCUT2D eigenvalue weighted by Crippen LogP contribution is -1.98. The molecule has 3 aromatic rings. The summed E-state index contributed by atoms with van der Waals surface area (Å²) in [5.74, 6) is 2.19. The van der Waals surface area contributed by atoms with Gasteiger partial charge in [0.05, 0.1) is 12.7 Å². The Kier molecular flexibility index (Phi) is 4.85. The Morgan fingerprint density at radius 2 is 1.64 bits per heavy atom. The van der Waals surface area contributed by atoms with Gasteiger partial charge in [-0.2, -0.15) is 0 Å². The first-order valence-corrected chi connectivity index (χ1v) is 9.03. The van der Waals surface area contributed by atoms with Crippen LogP contribution in [0.15, 0.2) is 72.5 Å². The van der Waals surface area contributed by atoms with Gasteiger partial charge in [-0.1, -0.05) is 42.0 Å². The van der Waals surface area contributed by atoms with Gasteiger partial charge in [0, 0.05) is 6.07 Å². The highest BCUT2D eigenvalue weighted by atomic mass is 16.5. The van der Waals surface area contributed by atoms with Crippen molar-refractivity contribution in [3.63, 3.8) is 0 Å². The third kappa shape index (κ3) is 3.76.